The van der Waals surface area contributed by atoms with Gasteiger partial charge in [-0.3, -0.25) is 0 Å². The van der Waals surface area contributed by atoms with Gasteiger partial charge in [-0.15, -0.1) is 0 Å². The molecule has 0 radical (unpaired) electrons. The number of rotatable bonds is 2. The van der Waals surface area contributed by atoms with E-state index in [4.69, 9.17) is 0 Å². The van der Waals surface area contributed by atoms with E-state index in [1.807, 2.05) is 0 Å². The Bertz CT molecular complexity index is 185. The molecule has 0 saturated carbocycles. The van der Waals surface area contributed by atoms with Gasteiger partial charge < -0.3 is 10.2 Å². The zero-order valence-corrected chi connectivity index (χ0v) is 9.68. The minimum absolute atomic E-state index is 0.495. The van der Waals surface area contributed by atoms with E-state index < -0.39 is 0 Å². The molecule has 0 aromatic rings. The molecule has 2 saturated heterocycles. The summed E-state index contributed by atoms with van der Waals surface area (Å²) in [5.41, 5.74) is 0.495. The highest BCUT2D eigenvalue weighted by Gasteiger charge is 2.40. The molecule has 2 atom stereocenters. The monoisotopic (exact) mass is 196 g/mol. The Hall–Kier alpha value is -0.0800. The summed E-state index contributed by atoms with van der Waals surface area (Å²) >= 11 is 0. The zero-order valence-electron chi connectivity index (χ0n) is 9.68. The molecule has 0 bridgehead atoms. The summed E-state index contributed by atoms with van der Waals surface area (Å²) < 4.78 is 0. The first-order chi connectivity index (χ1) is 6.77. The standard InChI is InChI=1S/C12H24N2/c1-3-12(7-5-8-13-12)11-6-4-9-14(2)10-11/h11,13H,3-10H2,1-2H3. The van der Waals surface area contributed by atoms with Crippen molar-refractivity contribution < 1.29 is 0 Å². The van der Waals surface area contributed by atoms with Gasteiger partial charge in [-0.1, -0.05) is 6.92 Å². The van der Waals surface area contributed by atoms with Crippen LogP contribution in [0.15, 0.2) is 0 Å². The van der Waals surface area contributed by atoms with E-state index in [1.54, 1.807) is 0 Å². The molecule has 0 amide bonds. The maximum atomic E-state index is 3.78. The molecule has 2 heterocycles. The molecule has 82 valence electrons. The molecule has 0 aromatic carbocycles. The topological polar surface area (TPSA) is 15.3 Å². The molecule has 2 unspecified atom stereocenters. The third-order valence-corrected chi connectivity index (χ3v) is 4.31. The van der Waals surface area contributed by atoms with Crippen molar-refractivity contribution in [1.82, 2.24) is 10.2 Å². The summed E-state index contributed by atoms with van der Waals surface area (Å²) in [7, 11) is 2.27. The van der Waals surface area contributed by atoms with E-state index in [-0.39, 0.29) is 0 Å². The van der Waals surface area contributed by atoms with Crippen LogP contribution in [-0.4, -0.2) is 37.1 Å². The Labute approximate surface area is 88.1 Å². The molecule has 2 nitrogen and oxygen atoms in total. The van der Waals surface area contributed by atoms with Crippen LogP contribution in [-0.2, 0) is 0 Å². The fraction of sp³-hybridized carbons (Fsp3) is 1.00. The molecular formula is C12H24N2. The second-order valence-electron chi connectivity index (χ2n) is 5.14. The third-order valence-electron chi connectivity index (χ3n) is 4.31. The smallest absolute Gasteiger partial charge is 0.0219 e. The molecular weight excluding hydrogens is 172 g/mol. The van der Waals surface area contributed by atoms with E-state index in [9.17, 15) is 0 Å². The van der Waals surface area contributed by atoms with Crippen LogP contribution < -0.4 is 5.32 Å². The molecule has 0 spiro atoms. The first kappa shape index (κ1) is 10.4. The number of likely N-dealkylation sites (tertiary alicyclic amines) is 1. The second kappa shape index (κ2) is 4.19. The van der Waals surface area contributed by atoms with Crippen molar-refractivity contribution in [2.24, 2.45) is 5.92 Å². The molecule has 1 N–H and O–H groups in total. The van der Waals surface area contributed by atoms with Gasteiger partial charge in [-0.25, -0.2) is 0 Å². The minimum atomic E-state index is 0.495. The first-order valence-corrected chi connectivity index (χ1v) is 6.20. The van der Waals surface area contributed by atoms with Crippen LogP contribution in [0.5, 0.6) is 0 Å². The number of nitrogens with zero attached hydrogens (tertiary/aromatic N) is 1. The van der Waals surface area contributed by atoms with Crippen LogP contribution in [0, 0.1) is 5.92 Å². The quantitative estimate of drug-likeness (QED) is 0.725. The molecule has 14 heavy (non-hydrogen) atoms. The number of piperidine rings is 1. The summed E-state index contributed by atoms with van der Waals surface area (Å²) in [6.45, 7) is 6.21. The largest absolute Gasteiger partial charge is 0.311 e. The highest BCUT2D eigenvalue weighted by molar-refractivity contribution is 4.99. The van der Waals surface area contributed by atoms with Gasteiger partial charge in [-0.05, 0) is 58.2 Å². The van der Waals surface area contributed by atoms with Gasteiger partial charge in [0.05, 0.1) is 0 Å². The lowest BCUT2D eigenvalue weighted by atomic mass is 9.76. The molecule has 2 aliphatic rings. The molecule has 2 fully saturated rings. The normalized spacial score (nSPS) is 40.3. The van der Waals surface area contributed by atoms with E-state index in [1.165, 1.54) is 51.7 Å². The van der Waals surface area contributed by atoms with Gasteiger partial charge in [0.2, 0.25) is 0 Å². The highest BCUT2D eigenvalue weighted by atomic mass is 15.1. The maximum absolute atomic E-state index is 3.78. The van der Waals surface area contributed by atoms with Crippen molar-refractivity contribution >= 4 is 0 Å². The number of hydrogen-bond acceptors (Lipinski definition) is 2. The summed E-state index contributed by atoms with van der Waals surface area (Å²) in [5, 5.41) is 3.78. The molecule has 2 heteroatoms. The van der Waals surface area contributed by atoms with Crippen molar-refractivity contribution in [2.75, 3.05) is 26.7 Å². The number of hydrogen-bond donors (Lipinski definition) is 1. The Morgan fingerprint density at radius 2 is 2.29 bits per heavy atom. The zero-order chi connectivity index (χ0) is 10.0. The maximum Gasteiger partial charge on any atom is 0.0219 e. The first-order valence-electron chi connectivity index (χ1n) is 6.20. The summed E-state index contributed by atoms with van der Waals surface area (Å²) in [6, 6.07) is 0. The van der Waals surface area contributed by atoms with Gasteiger partial charge in [0.15, 0.2) is 0 Å². The van der Waals surface area contributed by atoms with Gasteiger partial charge in [0, 0.05) is 12.1 Å². The van der Waals surface area contributed by atoms with Crippen LogP contribution in [0.25, 0.3) is 0 Å². The fourth-order valence-corrected chi connectivity index (χ4v) is 3.39. The van der Waals surface area contributed by atoms with Gasteiger partial charge >= 0.3 is 0 Å². The second-order valence-corrected chi connectivity index (χ2v) is 5.14. The van der Waals surface area contributed by atoms with Crippen molar-refractivity contribution in [2.45, 2.75) is 44.6 Å². The average molecular weight is 196 g/mol. The molecule has 0 aliphatic carbocycles. The van der Waals surface area contributed by atoms with Crippen LogP contribution in [0.4, 0.5) is 0 Å². The SMILES string of the molecule is CCC1(C2CCCN(C)C2)CCCN1. The predicted molar refractivity (Wildman–Crippen MR) is 60.5 cm³/mol. The van der Waals surface area contributed by atoms with Crippen molar-refractivity contribution in [3.63, 3.8) is 0 Å². The van der Waals surface area contributed by atoms with Crippen LogP contribution >= 0.6 is 0 Å². The Balaban J connectivity index is 2.03. The lowest BCUT2D eigenvalue weighted by Crippen LogP contribution is -2.52. The van der Waals surface area contributed by atoms with E-state index in [0.29, 0.717) is 5.54 Å². The molecule has 2 aliphatic heterocycles. The third kappa shape index (κ3) is 1.82. The number of nitrogens with one attached hydrogen (secondary N) is 1. The Morgan fingerprint density at radius 1 is 1.43 bits per heavy atom. The van der Waals surface area contributed by atoms with E-state index in [2.05, 4.69) is 24.2 Å². The highest BCUT2D eigenvalue weighted by Crippen LogP contribution is 2.35. The summed E-state index contributed by atoms with van der Waals surface area (Å²) in [4.78, 5) is 2.51. The van der Waals surface area contributed by atoms with Gasteiger partial charge in [0.1, 0.15) is 0 Å². The van der Waals surface area contributed by atoms with Gasteiger partial charge in [0.25, 0.3) is 0 Å². The van der Waals surface area contributed by atoms with Crippen molar-refractivity contribution in [1.29, 1.82) is 0 Å². The summed E-state index contributed by atoms with van der Waals surface area (Å²) in [5.74, 6) is 0.897. The Morgan fingerprint density at radius 3 is 2.86 bits per heavy atom. The Kier molecular flexibility index (Phi) is 3.13. The lowest BCUT2D eigenvalue weighted by molar-refractivity contribution is 0.119. The van der Waals surface area contributed by atoms with Crippen LogP contribution in [0.2, 0.25) is 0 Å². The predicted octanol–water partition coefficient (Wildman–Crippen LogP) is 1.86. The van der Waals surface area contributed by atoms with Crippen LogP contribution in [0.3, 0.4) is 0 Å². The van der Waals surface area contributed by atoms with Crippen molar-refractivity contribution in [3.8, 4) is 0 Å². The lowest BCUT2D eigenvalue weighted by Gasteiger charge is -2.42. The molecule has 2 rings (SSSR count). The minimum Gasteiger partial charge on any atom is -0.311 e. The van der Waals surface area contributed by atoms with Crippen molar-refractivity contribution in [3.05, 3.63) is 0 Å². The van der Waals surface area contributed by atoms with E-state index in [0.717, 1.165) is 5.92 Å². The molecule has 0 aromatic heterocycles. The van der Waals surface area contributed by atoms with Crippen LogP contribution in [0.1, 0.15) is 39.0 Å². The average Bonchev–Trinajstić information content (AvgIpc) is 2.67. The fourth-order valence-electron chi connectivity index (χ4n) is 3.39. The summed E-state index contributed by atoms with van der Waals surface area (Å²) in [6.07, 6.45) is 6.93. The van der Waals surface area contributed by atoms with E-state index >= 15 is 0 Å². The van der Waals surface area contributed by atoms with Gasteiger partial charge in [-0.2, -0.15) is 0 Å².